The van der Waals surface area contributed by atoms with Crippen LogP contribution in [0.25, 0.3) is 0 Å². The third-order valence-corrected chi connectivity index (χ3v) is 3.59. The van der Waals surface area contributed by atoms with E-state index in [-0.39, 0.29) is 11.3 Å². The number of carbonyl (C=O) groups excluding carboxylic acids is 2. The highest BCUT2D eigenvalue weighted by Crippen LogP contribution is 2.22. The van der Waals surface area contributed by atoms with Gasteiger partial charge in [0.2, 0.25) is 0 Å². The number of amides is 2. The van der Waals surface area contributed by atoms with Crippen LogP contribution < -0.4 is 15.8 Å². The molecule has 0 atom stereocenters. The lowest BCUT2D eigenvalue weighted by molar-refractivity contribution is 0.0992. The molecule has 3 N–H and O–H groups in total. The van der Waals surface area contributed by atoms with Gasteiger partial charge in [0, 0.05) is 11.3 Å². The van der Waals surface area contributed by atoms with Gasteiger partial charge >= 0.3 is 0 Å². The molecule has 0 aliphatic rings. The first-order valence-corrected chi connectivity index (χ1v) is 7.76. The average Bonchev–Trinajstić information content (AvgIpc) is 2.64. The topological polar surface area (TPSA) is 81.4 Å². The number of para-hydroxylation sites is 1. The summed E-state index contributed by atoms with van der Waals surface area (Å²) in [6.45, 7) is 0. The Morgan fingerprint density at radius 1 is 0.885 bits per heavy atom. The molecule has 0 aliphatic carbocycles. The minimum atomic E-state index is -0.902. The summed E-state index contributed by atoms with van der Waals surface area (Å²) in [7, 11) is 0. The van der Waals surface area contributed by atoms with Crippen molar-refractivity contribution in [2.24, 2.45) is 5.73 Å². The van der Waals surface area contributed by atoms with E-state index in [1.807, 2.05) is 30.3 Å². The first kappa shape index (κ1) is 17.2. The molecule has 0 saturated carbocycles. The van der Waals surface area contributed by atoms with Crippen LogP contribution in [0.2, 0.25) is 0 Å². The zero-order valence-corrected chi connectivity index (χ0v) is 13.6. The molecule has 0 aliphatic heterocycles. The van der Waals surface area contributed by atoms with E-state index in [4.69, 9.17) is 10.5 Å². The molecule has 5 nitrogen and oxygen atoms in total. The van der Waals surface area contributed by atoms with Gasteiger partial charge < -0.3 is 15.8 Å². The van der Waals surface area contributed by atoms with Crippen molar-refractivity contribution in [1.29, 1.82) is 0 Å². The zero-order valence-electron chi connectivity index (χ0n) is 13.6. The van der Waals surface area contributed by atoms with Crippen molar-refractivity contribution in [3.63, 3.8) is 0 Å². The largest absolute Gasteiger partial charge is 0.457 e. The highest BCUT2D eigenvalue weighted by Gasteiger charge is 2.12. The molecule has 0 spiro atoms. The van der Waals surface area contributed by atoms with Crippen LogP contribution in [-0.4, -0.2) is 11.8 Å². The van der Waals surface area contributed by atoms with Crippen molar-refractivity contribution in [3.8, 4) is 11.5 Å². The first-order chi connectivity index (χ1) is 12.5. The average molecular weight is 350 g/mol. The van der Waals surface area contributed by atoms with Crippen molar-refractivity contribution in [2.75, 3.05) is 5.32 Å². The summed E-state index contributed by atoms with van der Waals surface area (Å²) in [5, 5.41) is 2.60. The molecule has 0 bridgehead atoms. The third kappa shape index (κ3) is 4.05. The monoisotopic (exact) mass is 350 g/mol. The number of nitrogens with two attached hydrogens (primary N) is 1. The lowest BCUT2D eigenvalue weighted by atomic mass is 10.1. The normalized spacial score (nSPS) is 10.2. The second-order valence-corrected chi connectivity index (χ2v) is 5.45. The van der Waals surface area contributed by atoms with Crippen LogP contribution >= 0.6 is 0 Å². The van der Waals surface area contributed by atoms with E-state index in [0.717, 1.165) is 6.07 Å². The van der Waals surface area contributed by atoms with Gasteiger partial charge in [-0.05, 0) is 54.6 Å². The Morgan fingerprint density at radius 2 is 1.54 bits per heavy atom. The number of ether oxygens (including phenoxy) is 1. The van der Waals surface area contributed by atoms with Crippen molar-refractivity contribution in [3.05, 3.63) is 89.7 Å². The quantitative estimate of drug-likeness (QED) is 0.730. The zero-order chi connectivity index (χ0) is 18.5. The number of anilines is 1. The van der Waals surface area contributed by atoms with Gasteiger partial charge in [0.15, 0.2) is 0 Å². The summed E-state index contributed by atoms with van der Waals surface area (Å²) < 4.78 is 19.1. The molecule has 3 aromatic rings. The second kappa shape index (κ2) is 7.48. The van der Waals surface area contributed by atoms with E-state index in [9.17, 15) is 14.0 Å². The van der Waals surface area contributed by atoms with Crippen molar-refractivity contribution >= 4 is 17.5 Å². The Labute approximate surface area is 149 Å². The number of rotatable bonds is 5. The van der Waals surface area contributed by atoms with Gasteiger partial charge in [0.05, 0.1) is 5.56 Å². The van der Waals surface area contributed by atoms with E-state index in [1.54, 1.807) is 24.3 Å². The fourth-order valence-corrected chi connectivity index (χ4v) is 2.29. The summed E-state index contributed by atoms with van der Waals surface area (Å²) >= 11 is 0. The summed E-state index contributed by atoms with van der Waals surface area (Å²) in [6, 6.07) is 19.4. The molecule has 6 heteroatoms. The molecule has 3 aromatic carbocycles. The van der Waals surface area contributed by atoms with Gasteiger partial charge in [-0.1, -0.05) is 18.2 Å². The maximum Gasteiger partial charge on any atom is 0.255 e. The molecular formula is C20H15FN2O3. The molecule has 0 aromatic heterocycles. The van der Waals surface area contributed by atoms with E-state index in [2.05, 4.69) is 5.32 Å². The van der Waals surface area contributed by atoms with Gasteiger partial charge in [-0.2, -0.15) is 0 Å². The van der Waals surface area contributed by atoms with E-state index < -0.39 is 17.6 Å². The molecule has 0 unspecified atom stereocenters. The minimum Gasteiger partial charge on any atom is -0.457 e. The lowest BCUT2D eigenvalue weighted by Crippen LogP contribution is -2.16. The first-order valence-electron chi connectivity index (χ1n) is 7.76. The fourth-order valence-electron chi connectivity index (χ4n) is 2.29. The van der Waals surface area contributed by atoms with E-state index >= 15 is 0 Å². The smallest absolute Gasteiger partial charge is 0.255 e. The molecule has 0 saturated heterocycles. The summed E-state index contributed by atoms with van der Waals surface area (Å²) in [5.74, 6) is -0.766. The standard InChI is InChI=1S/C20H15FN2O3/c21-18-11-8-14(12-17(18)19(22)24)23-20(25)13-6-9-16(10-7-13)26-15-4-2-1-3-5-15/h1-12H,(H2,22,24)(H,23,25). The number of halogens is 1. The summed E-state index contributed by atoms with van der Waals surface area (Å²) in [4.78, 5) is 23.5. The van der Waals surface area contributed by atoms with Gasteiger partial charge in [-0.25, -0.2) is 4.39 Å². The van der Waals surface area contributed by atoms with Crippen LogP contribution in [0.3, 0.4) is 0 Å². The van der Waals surface area contributed by atoms with Gasteiger partial charge in [0.1, 0.15) is 17.3 Å². The van der Waals surface area contributed by atoms with Crippen molar-refractivity contribution < 1.29 is 18.7 Å². The van der Waals surface area contributed by atoms with Gasteiger partial charge in [-0.3, -0.25) is 9.59 Å². The van der Waals surface area contributed by atoms with Crippen LogP contribution in [0, 0.1) is 5.82 Å². The number of nitrogens with one attached hydrogen (secondary N) is 1. The Bertz CT molecular complexity index is 941. The minimum absolute atomic E-state index is 0.273. The van der Waals surface area contributed by atoms with Crippen molar-refractivity contribution in [1.82, 2.24) is 0 Å². The predicted octanol–water partition coefficient (Wildman–Crippen LogP) is 3.97. The highest BCUT2D eigenvalue weighted by molar-refractivity contribution is 6.05. The summed E-state index contributed by atoms with van der Waals surface area (Å²) in [6.07, 6.45) is 0. The van der Waals surface area contributed by atoms with Crippen LogP contribution in [0.4, 0.5) is 10.1 Å². The van der Waals surface area contributed by atoms with Gasteiger partial charge in [-0.15, -0.1) is 0 Å². The molecular weight excluding hydrogens is 335 g/mol. The number of hydrogen-bond acceptors (Lipinski definition) is 3. The Morgan fingerprint density at radius 3 is 2.19 bits per heavy atom. The number of primary amides is 1. The SMILES string of the molecule is NC(=O)c1cc(NC(=O)c2ccc(Oc3ccccc3)cc2)ccc1F. The third-order valence-electron chi connectivity index (χ3n) is 3.59. The van der Waals surface area contributed by atoms with Crippen molar-refractivity contribution in [2.45, 2.75) is 0 Å². The van der Waals surface area contributed by atoms with E-state index in [1.165, 1.54) is 12.1 Å². The number of carbonyl (C=O) groups is 2. The molecule has 2 amide bonds. The highest BCUT2D eigenvalue weighted by atomic mass is 19.1. The van der Waals surface area contributed by atoms with Crippen LogP contribution in [0.1, 0.15) is 20.7 Å². The van der Waals surface area contributed by atoms with Crippen LogP contribution in [0.15, 0.2) is 72.8 Å². The Kier molecular flexibility index (Phi) is 4.94. The number of benzene rings is 3. The molecule has 0 heterocycles. The molecule has 0 fully saturated rings. The Hall–Kier alpha value is -3.67. The van der Waals surface area contributed by atoms with E-state index in [0.29, 0.717) is 17.1 Å². The van der Waals surface area contributed by atoms with Gasteiger partial charge in [0.25, 0.3) is 11.8 Å². The predicted molar refractivity (Wildman–Crippen MR) is 95.8 cm³/mol. The molecule has 3 rings (SSSR count). The summed E-state index contributed by atoms with van der Waals surface area (Å²) in [5.41, 5.74) is 5.47. The maximum atomic E-state index is 13.5. The van der Waals surface area contributed by atoms with Crippen LogP contribution in [0.5, 0.6) is 11.5 Å². The molecule has 0 radical (unpaired) electrons. The number of hydrogen-bond donors (Lipinski definition) is 2. The molecule has 130 valence electrons. The maximum absolute atomic E-state index is 13.5. The Balaban J connectivity index is 1.70. The van der Waals surface area contributed by atoms with Crippen LogP contribution in [-0.2, 0) is 0 Å². The molecule has 26 heavy (non-hydrogen) atoms. The fraction of sp³-hybridized carbons (Fsp3) is 0. The second-order valence-electron chi connectivity index (χ2n) is 5.45. The lowest BCUT2D eigenvalue weighted by Gasteiger charge is -2.09.